The topological polar surface area (TPSA) is 0 Å². The molecule has 0 saturated heterocycles. The summed E-state index contributed by atoms with van der Waals surface area (Å²) in [7, 11) is 0. The summed E-state index contributed by atoms with van der Waals surface area (Å²) in [5.74, 6) is 0. The van der Waals surface area contributed by atoms with E-state index in [1.807, 2.05) is 0 Å². The molecule has 104 valence electrons. The molecule has 0 atom stereocenters. The van der Waals surface area contributed by atoms with E-state index in [0.29, 0.717) is 0 Å². The van der Waals surface area contributed by atoms with Gasteiger partial charge in [0.25, 0.3) is 0 Å². The maximum Gasteiger partial charge on any atom is 1.00 e. The van der Waals surface area contributed by atoms with Crippen LogP contribution in [0.15, 0.2) is 72.8 Å². The Kier molecular flexibility index (Phi) is 5.35. The van der Waals surface area contributed by atoms with Crippen molar-refractivity contribution in [2.24, 2.45) is 0 Å². The van der Waals surface area contributed by atoms with Gasteiger partial charge in [0, 0.05) is 0 Å². The molecule has 0 bridgehead atoms. The van der Waals surface area contributed by atoms with Crippen molar-refractivity contribution < 1.29 is 37.7 Å². The van der Waals surface area contributed by atoms with E-state index in [-0.39, 0.29) is 43.1 Å². The van der Waals surface area contributed by atoms with E-state index < -0.39 is 0 Å². The molecule has 0 radical (unpaired) electrons. The molecule has 0 aliphatic heterocycles. The van der Waals surface area contributed by atoms with Crippen LogP contribution < -0.4 is 37.7 Å². The zero-order valence-corrected chi connectivity index (χ0v) is 14.4. The number of rotatable bonds is 2. The number of hydrogen-bond donors (Lipinski definition) is 0. The van der Waals surface area contributed by atoms with Crippen molar-refractivity contribution in [2.75, 3.05) is 0 Å². The Balaban J connectivity index is 0.000000960. The van der Waals surface area contributed by atoms with Gasteiger partial charge < -0.3 is 0 Å². The molecule has 4 rings (SSSR count). The van der Waals surface area contributed by atoms with E-state index in [9.17, 15) is 0 Å². The predicted molar refractivity (Wildman–Crippen MR) is 91.2 cm³/mol. The minimum atomic E-state index is 0. The summed E-state index contributed by atoms with van der Waals surface area (Å²) in [5.41, 5.74) is 2.80. The van der Waals surface area contributed by atoms with Gasteiger partial charge in [-0.05, 0) is 5.41 Å². The monoisotopic (exact) mass is 284 g/mol. The molecule has 23 heavy (non-hydrogen) atoms. The average Bonchev–Trinajstić information content (AvgIpc) is 3.11. The van der Waals surface area contributed by atoms with Gasteiger partial charge >= 0.3 is 37.7 Å². The Bertz CT molecular complexity index is 783. The van der Waals surface area contributed by atoms with Crippen LogP contribution in [0.2, 0.25) is 0 Å². The van der Waals surface area contributed by atoms with Gasteiger partial charge in [-0.15, -0.1) is 81.2 Å². The Morgan fingerprint density at radius 2 is 1.04 bits per heavy atom. The van der Waals surface area contributed by atoms with E-state index in [2.05, 4.69) is 86.6 Å². The largest absolute Gasteiger partial charge is 1.00 e. The number of benzene rings is 2. The molecule has 0 unspecified atom stereocenters. The Morgan fingerprint density at radius 3 is 1.43 bits per heavy atom. The number of hydrogen-bond acceptors (Lipinski definition) is 0. The minimum Gasteiger partial charge on any atom is -0.164 e. The molecular weight excluding hydrogens is 266 g/mol. The Labute approximate surface area is 162 Å². The summed E-state index contributed by atoms with van der Waals surface area (Å²) < 4.78 is 0. The van der Waals surface area contributed by atoms with Gasteiger partial charge in [0.05, 0.1) is 0 Å². The van der Waals surface area contributed by atoms with Crippen LogP contribution >= 0.6 is 0 Å². The first-order chi connectivity index (χ1) is 10.1. The summed E-state index contributed by atoms with van der Waals surface area (Å²) in [4.78, 5) is 0. The van der Waals surface area contributed by atoms with Gasteiger partial charge in [0.2, 0.25) is 0 Å². The normalized spacial score (nSPS) is 11.2. The van der Waals surface area contributed by atoms with Crippen LogP contribution in [0.5, 0.6) is 0 Å². The first kappa shape index (κ1) is 18.2. The molecular formula is C21H18Li2. The molecule has 2 heteroatoms. The zero-order chi connectivity index (χ0) is 14.4. The molecule has 0 spiro atoms. The maximum absolute atomic E-state index is 2.33. The van der Waals surface area contributed by atoms with Crippen LogP contribution in [-0.2, 0) is 5.41 Å². The molecule has 0 fully saturated rings. The third kappa shape index (κ3) is 3.11. The fourth-order valence-corrected chi connectivity index (χ4v) is 3.19. The van der Waals surface area contributed by atoms with Crippen LogP contribution in [0.3, 0.4) is 0 Å². The van der Waals surface area contributed by atoms with Crippen molar-refractivity contribution in [1.82, 2.24) is 0 Å². The Hall–Kier alpha value is -1.15. The van der Waals surface area contributed by atoms with Gasteiger partial charge in [0.15, 0.2) is 0 Å². The fraction of sp³-hybridized carbons (Fsp3) is 0.143. The van der Waals surface area contributed by atoms with E-state index in [1.165, 1.54) is 32.7 Å². The SMILES string of the molecule is CC(C)(c1cc2ccccc2[cH-]1)c1cc2ccccc2[cH-]1.[Li+].[Li+]. The molecule has 4 aromatic rings. The smallest absolute Gasteiger partial charge is 0.164 e. The summed E-state index contributed by atoms with van der Waals surface area (Å²) in [6.07, 6.45) is 0. The van der Waals surface area contributed by atoms with E-state index in [0.717, 1.165) is 0 Å². The van der Waals surface area contributed by atoms with Crippen molar-refractivity contribution in [2.45, 2.75) is 19.3 Å². The molecule has 0 saturated carbocycles. The average molecular weight is 284 g/mol. The molecule has 0 aliphatic rings. The molecule has 4 aromatic carbocycles. The van der Waals surface area contributed by atoms with E-state index >= 15 is 0 Å². The summed E-state index contributed by atoms with van der Waals surface area (Å²) in [5, 5.41) is 5.32. The summed E-state index contributed by atoms with van der Waals surface area (Å²) in [6.45, 7) is 4.63. The predicted octanol–water partition coefficient (Wildman–Crippen LogP) is -0.235. The van der Waals surface area contributed by atoms with Crippen LogP contribution in [0, 0.1) is 0 Å². The van der Waals surface area contributed by atoms with E-state index in [1.54, 1.807) is 0 Å². The van der Waals surface area contributed by atoms with Crippen molar-refractivity contribution in [3.05, 3.63) is 83.9 Å². The third-order valence-corrected chi connectivity index (χ3v) is 4.68. The van der Waals surface area contributed by atoms with Crippen molar-refractivity contribution >= 4 is 21.5 Å². The van der Waals surface area contributed by atoms with Crippen molar-refractivity contribution in [3.8, 4) is 0 Å². The molecule has 0 N–H and O–H groups in total. The first-order valence-electron chi connectivity index (χ1n) is 7.46. The summed E-state index contributed by atoms with van der Waals surface area (Å²) >= 11 is 0. The van der Waals surface area contributed by atoms with Gasteiger partial charge in [-0.2, -0.15) is 12.1 Å². The molecule has 0 aliphatic carbocycles. The summed E-state index contributed by atoms with van der Waals surface area (Å²) in [6, 6.07) is 26.5. The molecule has 0 nitrogen and oxygen atoms in total. The third-order valence-electron chi connectivity index (χ3n) is 4.68. The van der Waals surface area contributed by atoms with Crippen LogP contribution in [0.4, 0.5) is 0 Å². The van der Waals surface area contributed by atoms with Gasteiger partial charge in [0.1, 0.15) is 0 Å². The second kappa shape index (κ2) is 6.77. The van der Waals surface area contributed by atoms with E-state index in [4.69, 9.17) is 0 Å². The van der Waals surface area contributed by atoms with Crippen molar-refractivity contribution in [3.63, 3.8) is 0 Å². The second-order valence-electron chi connectivity index (χ2n) is 6.37. The molecule has 0 heterocycles. The standard InChI is InChI=1S/C21H18.2Li/c1-21(2,19-11-15-7-3-4-8-16(15)12-19)20-13-17-9-5-6-10-18(17)14-20;;/h3-14H,1-2H3;;/q-2;2*+1. The Morgan fingerprint density at radius 1 is 0.652 bits per heavy atom. The van der Waals surface area contributed by atoms with Gasteiger partial charge in [-0.1, -0.05) is 26.0 Å². The fourth-order valence-electron chi connectivity index (χ4n) is 3.19. The number of fused-ring (bicyclic) bond motifs is 2. The zero-order valence-electron chi connectivity index (χ0n) is 14.4. The molecule has 0 amide bonds. The van der Waals surface area contributed by atoms with Crippen LogP contribution in [-0.4, -0.2) is 0 Å². The van der Waals surface area contributed by atoms with Crippen LogP contribution in [0.1, 0.15) is 25.0 Å². The van der Waals surface area contributed by atoms with Crippen LogP contribution in [0.25, 0.3) is 21.5 Å². The second-order valence-corrected chi connectivity index (χ2v) is 6.37. The minimum absolute atomic E-state index is 0. The van der Waals surface area contributed by atoms with Gasteiger partial charge in [-0.25, -0.2) is 0 Å². The van der Waals surface area contributed by atoms with Gasteiger partial charge in [-0.3, -0.25) is 0 Å². The molecule has 0 aromatic heterocycles. The maximum atomic E-state index is 2.33. The quantitative estimate of drug-likeness (QED) is 0.352. The first-order valence-corrected chi connectivity index (χ1v) is 7.46. The van der Waals surface area contributed by atoms with Crippen molar-refractivity contribution in [1.29, 1.82) is 0 Å².